The van der Waals surface area contributed by atoms with E-state index in [-0.39, 0.29) is 12.1 Å². The molecule has 2 rings (SSSR count). The summed E-state index contributed by atoms with van der Waals surface area (Å²) < 4.78 is 35.7. The molecule has 5 atom stereocenters. The van der Waals surface area contributed by atoms with Crippen LogP contribution in [0.2, 0.25) is 0 Å². The highest BCUT2D eigenvalue weighted by Crippen LogP contribution is 2.65. The first kappa shape index (κ1) is 16.0. The zero-order valence-electron chi connectivity index (χ0n) is 9.97. The van der Waals surface area contributed by atoms with Gasteiger partial charge in [0.15, 0.2) is 0 Å². The first-order chi connectivity index (χ1) is 8.81. The Hall–Kier alpha value is 0.610. The molecule has 1 saturated heterocycles. The molecule has 0 bridgehead atoms. The molecule has 0 amide bonds. The molecule has 0 aromatic rings. The molecule has 2 fully saturated rings. The summed E-state index contributed by atoms with van der Waals surface area (Å²) in [4.78, 5) is 18.3. The molecule has 1 aliphatic carbocycles. The predicted octanol–water partition coefficient (Wildman–Crippen LogP) is 0.815. The Labute approximate surface area is 112 Å². The van der Waals surface area contributed by atoms with E-state index in [1.165, 1.54) is 0 Å². The molecule has 112 valence electrons. The van der Waals surface area contributed by atoms with Crippen LogP contribution in [0.25, 0.3) is 0 Å². The minimum Gasteiger partial charge on any atom is -0.302 e. The van der Waals surface area contributed by atoms with Gasteiger partial charge in [-0.1, -0.05) is 22.2 Å². The fourth-order valence-electron chi connectivity index (χ4n) is 2.20. The summed E-state index contributed by atoms with van der Waals surface area (Å²) in [7, 11) is -6.76. The van der Waals surface area contributed by atoms with Gasteiger partial charge in [-0.25, -0.2) is 18.2 Å². The normalized spacial score (nSPS) is 48.1. The minimum atomic E-state index is -4.59. The van der Waals surface area contributed by atoms with Crippen LogP contribution < -0.4 is 10.4 Å². The Kier molecular flexibility index (Phi) is 5.18. The van der Waals surface area contributed by atoms with Gasteiger partial charge in [0, 0.05) is 12.1 Å². The third-order valence-corrected chi connectivity index (χ3v) is 5.99. The summed E-state index contributed by atoms with van der Waals surface area (Å²) in [6.07, 6.45) is 2.30. The highest BCUT2D eigenvalue weighted by atomic mass is 31.3. The van der Waals surface area contributed by atoms with Crippen LogP contribution in [-0.4, -0.2) is 28.3 Å². The Balaban J connectivity index is 2.01. The van der Waals surface area contributed by atoms with Crippen molar-refractivity contribution in [3.8, 4) is 0 Å². The summed E-state index contributed by atoms with van der Waals surface area (Å²) >= 11 is 0. The summed E-state index contributed by atoms with van der Waals surface area (Å²) in [6.45, 7) is 0. The lowest BCUT2D eigenvalue weighted by molar-refractivity contribution is -0.0880. The lowest BCUT2D eigenvalue weighted by Crippen LogP contribution is -2.52. The van der Waals surface area contributed by atoms with E-state index in [0.29, 0.717) is 0 Å². The number of hydrogen-bond acceptors (Lipinski definition) is 7. The van der Waals surface area contributed by atoms with Crippen molar-refractivity contribution >= 4 is 25.0 Å². The molecule has 0 aromatic carbocycles. The van der Waals surface area contributed by atoms with E-state index >= 15 is 0 Å². The lowest BCUT2D eigenvalue weighted by atomic mass is 9.91. The highest BCUT2D eigenvalue weighted by Gasteiger charge is 2.46. The largest absolute Gasteiger partial charge is 0.484 e. The van der Waals surface area contributed by atoms with Gasteiger partial charge in [-0.2, -0.15) is 4.31 Å². The zero-order chi connectivity index (χ0) is 14.1. The van der Waals surface area contributed by atoms with Gasteiger partial charge in [0.1, 0.15) is 0 Å². The van der Waals surface area contributed by atoms with Crippen molar-refractivity contribution in [1.82, 2.24) is 10.4 Å². The molecule has 0 radical (unpaired) electrons. The van der Waals surface area contributed by atoms with Gasteiger partial charge in [0.25, 0.3) is 0 Å². The molecule has 4 N–H and O–H groups in total. The van der Waals surface area contributed by atoms with Crippen LogP contribution in [0.3, 0.4) is 0 Å². The first-order valence-electron chi connectivity index (χ1n) is 5.77. The molecule has 1 saturated carbocycles. The average molecular weight is 334 g/mol. The minimum absolute atomic E-state index is 0.102. The van der Waals surface area contributed by atoms with Crippen molar-refractivity contribution in [2.75, 3.05) is 0 Å². The summed E-state index contributed by atoms with van der Waals surface area (Å²) in [5.41, 5.74) is 0. The topological polar surface area (TPSA) is 126 Å². The molecule has 9 nitrogen and oxygen atoms in total. The number of rotatable bonds is 3. The Morgan fingerprint density at radius 2 is 1.58 bits per heavy atom. The van der Waals surface area contributed by atoms with Crippen LogP contribution in [0.5, 0.6) is 0 Å². The molecule has 0 aromatic heterocycles. The van der Waals surface area contributed by atoms with E-state index in [1.54, 1.807) is 0 Å². The number of phosphoric acid groups is 2. The van der Waals surface area contributed by atoms with Crippen LogP contribution in [-0.2, 0) is 22.5 Å². The lowest BCUT2D eigenvalue weighted by Gasteiger charge is -2.36. The Bertz CT molecular complexity index is 397. The molecule has 12 heteroatoms. The third kappa shape index (κ3) is 4.55. The Morgan fingerprint density at radius 1 is 1.05 bits per heavy atom. The number of hydrogen-bond donors (Lipinski definition) is 4. The van der Waals surface area contributed by atoms with E-state index in [9.17, 15) is 18.9 Å². The van der Waals surface area contributed by atoms with E-state index in [0.717, 1.165) is 25.7 Å². The van der Waals surface area contributed by atoms with Crippen LogP contribution in [0.15, 0.2) is 0 Å². The van der Waals surface area contributed by atoms with Crippen LogP contribution in [0, 0.1) is 0 Å². The predicted molar refractivity (Wildman–Crippen MR) is 68.7 cm³/mol. The molecule has 3 unspecified atom stereocenters. The van der Waals surface area contributed by atoms with E-state index in [4.69, 9.17) is 0 Å². The van der Waals surface area contributed by atoms with Gasteiger partial charge in [-0.05, 0) is 12.8 Å². The standard InChI is InChI=1S/C7H17N2O7P3/c10-18(11)14-7(15-19(12,13)16-18)8-5-3-1-2-4-6(5)9-17/h5-9H,1-4,17H2,(H,10,11)(H,12,13)/t5-,6-/m1/s1. The van der Waals surface area contributed by atoms with Gasteiger partial charge < -0.3 is 9.79 Å². The smallest absolute Gasteiger partial charge is 0.302 e. The second kappa shape index (κ2) is 6.16. The van der Waals surface area contributed by atoms with Gasteiger partial charge in [-0.3, -0.25) is 10.4 Å². The van der Waals surface area contributed by atoms with Crippen molar-refractivity contribution in [2.45, 2.75) is 44.2 Å². The van der Waals surface area contributed by atoms with Crippen LogP contribution >= 0.6 is 25.0 Å². The van der Waals surface area contributed by atoms with Gasteiger partial charge in [-0.15, -0.1) is 0 Å². The molecule has 2 aliphatic rings. The SMILES string of the molecule is O=P1(O)OC(N[C@@H]2CCCC[C@H]2NP)OP(=O)(O)O1. The zero-order valence-corrected chi connectivity index (χ0v) is 12.9. The molecule has 19 heavy (non-hydrogen) atoms. The van der Waals surface area contributed by atoms with Gasteiger partial charge >= 0.3 is 15.6 Å². The maximum atomic E-state index is 11.3. The van der Waals surface area contributed by atoms with Gasteiger partial charge in [0.05, 0.1) is 0 Å². The van der Waals surface area contributed by atoms with Gasteiger partial charge in [0.2, 0.25) is 6.41 Å². The van der Waals surface area contributed by atoms with E-state index < -0.39 is 22.1 Å². The fraction of sp³-hybridized carbons (Fsp3) is 1.00. The van der Waals surface area contributed by atoms with E-state index in [2.05, 4.69) is 33.2 Å². The number of nitrogens with one attached hydrogen (secondary N) is 2. The molecule has 1 aliphatic heterocycles. The number of phosphoric ester groups is 2. The monoisotopic (exact) mass is 334 g/mol. The fourth-order valence-corrected chi connectivity index (χ4v) is 4.71. The maximum Gasteiger partial charge on any atom is 0.484 e. The molecule has 0 spiro atoms. The van der Waals surface area contributed by atoms with Crippen molar-refractivity contribution in [2.24, 2.45) is 0 Å². The molecular formula is C7H17N2O7P3. The average Bonchev–Trinajstić information content (AvgIpc) is 2.25. The van der Waals surface area contributed by atoms with Crippen molar-refractivity contribution in [3.63, 3.8) is 0 Å². The van der Waals surface area contributed by atoms with Crippen LogP contribution in [0.1, 0.15) is 25.7 Å². The maximum absolute atomic E-state index is 11.3. The first-order valence-corrected chi connectivity index (χ1v) is 9.34. The second-order valence-electron chi connectivity index (χ2n) is 4.39. The van der Waals surface area contributed by atoms with Crippen molar-refractivity contribution < 1.29 is 32.3 Å². The Morgan fingerprint density at radius 3 is 2.11 bits per heavy atom. The second-order valence-corrected chi connectivity index (χ2v) is 7.67. The van der Waals surface area contributed by atoms with Crippen molar-refractivity contribution in [3.05, 3.63) is 0 Å². The third-order valence-electron chi connectivity index (χ3n) is 2.99. The van der Waals surface area contributed by atoms with Crippen molar-refractivity contribution in [1.29, 1.82) is 0 Å². The molecule has 1 heterocycles. The molecular weight excluding hydrogens is 317 g/mol. The van der Waals surface area contributed by atoms with E-state index in [1.807, 2.05) is 0 Å². The highest BCUT2D eigenvalue weighted by molar-refractivity contribution is 7.61. The summed E-state index contributed by atoms with van der Waals surface area (Å²) in [5, 5.41) is 5.84. The quantitative estimate of drug-likeness (QED) is 0.555. The summed E-state index contributed by atoms with van der Waals surface area (Å²) in [5.74, 6) is 0. The van der Waals surface area contributed by atoms with Crippen LogP contribution in [0.4, 0.5) is 0 Å². The summed E-state index contributed by atoms with van der Waals surface area (Å²) in [6, 6.07) is -0.000647.